The predicted molar refractivity (Wildman–Crippen MR) is 62.5 cm³/mol. The lowest BCUT2D eigenvalue weighted by molar-refractivity contribution is 0.0256. The summed E-state index contributed by atoms with van der Waals surface area (Å²) < 4.78 is 26.2. The summed E-state index contributed by atoms with van der Waals surface area (Å²) in [4.78, 5) is 10.1. The molecule has 0 N–H and O–H groups in total. The van der Waals surface area contributed by atoms with Crippen molar-refractivity contribution in [2.75, 3.05) is 18.0 Å². The summed E-state index contributed by atoms with van der Waals surface area (Å²) in [5.74, 6) is -2.05. The highest BCUT2D eigenvalue weighted by Crippen LogP contribution is 2.30. The van der Waals surface area contributed by atoms with Gasteiger partial charge in [-0.1, -0.05) is 20.8 Å². The van der Waals surface area contributed by atoms with Gasteiger partial charge in [0.2, 0.25) is 0 Å². The molecule has 0 saturated carbocycles. The van der Waals surface area contributed by atoms with Crippen LogP contribution < -0.4 is 4.90 Å². The molecular weight excluding hydrogens is 224 g/mol. The predicted octanol–water partition coefficient (Wildman–Crippen LogP) is 2.62. The van der Waals surface area contributed by atoms with Crippen LogP contribution in [0.4, 0.5) is 14.6 Å². The lowest BCUT2D eigenvalue weighted by Gasteiger charge is -2.21. The lowest BCUT2D eigenvalue weighted by atomic mass is 9.93. The van der Waals surface area contributed by atoms with Crippen LogP contribution in [-0.2, 0) is 5.41 Å². The number of hydrogen-bond acceptors (Lipinski definition) is 3. The van der Waals surface area contributed by atoms with Gasteiger partial charge in [-0.2, -0.15) is 0 Å². The zero-order valence-electron chi connectivity index (χ0n) is 10.4. The number of rotatable bonds is 1. The van der Waals surface area contributed by atoms with Gasteiger partial charge in [0, 0.05) is 24.6 Å². The van der Waals surface area contributed by atoms with Crippen LogP contribution in [0.15, 0.2) is 12.4 Å². The van der Waals surface area contributed by atoms with Gasteiger partial charge in [0.1, 0.15) is 5.82 Å². The van der Waals surface area contributed by atoms with Gasteiger partial charge in [0.15, 0.2) is 0 Å². The van der Waals surface area contributed by atoms with Crippen LogP contribution in [0.25, 0.3) is 0 Å². The van der Waals surface area contributed by atoms with Gasteiger partial charge in [0.05, 0.1) is 18.4 Å². The van der Waals surface area contributed by atoms with Crippen molar-refractivity contribution in [3.8, 4) is 0 Å². The third-order valence-corrected chi connectivity index (χ3v) is 2.88. The Morgan fingerprint density at radius 2 is 2.00 bits per heavy atom. The first-order chi connectivity index (χ1) is 7.78. The molecule has 0 spiro atoms. The van der Waals surface area contributed by atoms with E-state index in [1.54, 1.807) is 17.3 Å². The largest absolute Gasteiger partial charge is 0.349 e. The zero-order chi connectivity index (χ0) is 12.7. The highest BCUT2D eigenvalue weighted by atomic mass is 19.3. The first-order valence-electron chi connectivity index (χ1n) is 5.73. The van der Waals surface area contributed by atoms with Gasteiger partial charge in [-0.05, 0) is 0 Å². The van der Waals surface area contributed by atoms with Crippen molar-refractivity contribution in [3.63, 3.8) is 0 Å². The molecule has 2 rings (SSSR count). The van der Waals surface area contributed by atoms with Crippen LogP contribution in [0.5, 0.6) is 0 Å². The Labute approximate surface area is 99.9 Å². The fourth-order valence-corrected chi connectivity index (χ4v) is 1.80. The average molecular weight is 241 g/mol. The third-order valence-electron chi connectivity index (χ3n) is 2.88. The van der Waals surface area contributed by atoms with E-state index in [0.29, 0.717) is 12.4 Å². The Balaban J connectivity index is 2.23. The second-order valence-corrected chi connectivity index (χ2v) is 5.54. The minimum Gasteiger partial charge on any atom is -0.349 e. The van der Waals surface area contributed by atoms with Crippen molar-refractivity contribution in [1.82, 2.24) is 9.97 Å². The van der Waals surface area contributed by atoms with E-state index < -0.39 is 5.92 Å². The molecule has 1 aliphatic rings. The minimum absolute atomic E-state index is 0.103. The number of halogens is 2. The smallest absolute Gasteiger partial charge is 0.266 e. The molecule has 0 atom stereocenters. The van der Waals surface area contributed by atoms with Crippen molar-refractivity contribution in [3.05, 3.63) is 18.1 Å². The second-order valence-electron chi connectivity index (χ2n) is 5.54. The fraction of sp³-hybridized carbons (Fsp3) is 0.667. The van der Waals surface area contributed by atoms with Crippen molar-refractivity contribution < 1.29 is 8.78 Å². The van der Waals surface area contributed by atoms with Gasteiger partial charge in [-0.3, -0.25) is 4.98 Å². The molecule has 0 aromatic carbocycles. The minimum atomic E-state index is -2.60. The number of aromatic nitrogens is 2. The molecule has 0 amide bonds. The fourth-order valence-electron chi connectivity index (χ4n) is 1.80. The maximum absolute atomic E-state index is 13.1. The molecule has 5 heteroatoms. The Morgan fingerprint density at radius 3 is 2.53 bits per heavy atom. The number of anilines is 1. The topological polar surface area (TPSA) is 29.0 Å². The van der Waals surface area contributed by atoms with Crippen LogP contribution >= 0.6 is 0 Å². The molecule has 3 nitrogen and oxygen atoms in total. The van der Waals surface area contributed by atoms with E-state index >= 15 is 0 Å². The Hall–Kier alpha value is -1.26. The summed E-state index contributed by atoms with van der Waals surface area (Å²) in [7, 11) is 0. The van der Waals surface area contributed by atoms with Gasteiger partial charge < -0.3 is 4.90 Å². The van der Waals surface area contributed by atoms with Crippen LogP contribution in [0.3, 0.4) is 0 Å². The van der Waals surface area contributed by atoms with Gasteiger partial charge in [0.25, 0.3) is 5.92 Å². The summed E-state index contributed by atoms with van der Waals surface area (Å²) in [5, 5.41) is 0. The van der Waals surface area contributed by atoms with Gasteiger partial charge in [-0.15, -0.1) is 0 Å². The van der Waals surface area contributed by atoms with Gasteiger partial charge >= 0.3 is 0 Å². The normalized spacial score (nSPS) is 19.7. The molecule has 0 unspecified atom stereocenters. The summed E-state index contributed by atoms with van der Waals surface area (Å²) >= 11 is 0. The summed E-state index contributed by atoms with van der Waals surface area (Å²) in [6.45, 7) is 6.17. The molecule has 0 aliphatic carbocycles. The van der Waals surface area contributed by atoms with E-state index in [9.17, 15) is 8.78 Å². The number of hydrogen-bond donors (Lipinski definition) is 0. The zero-order valence-corrected chi connectivity index (χ0v) is 10.4. The van der Waals surface area contributed by atoms with Crippen molar-refractivity contribution in [2.24, 2.45) is 0 Å². The molecule has 1 aromatic rings. The third kappa shape index (κ3) is 2.70. The molecule has 1 saturated heterocycles. The van der Waals surface area contributed by atoms with Crippen LogP contribution in [0.1, 0.15) is 32.9 Å². The second kappa shape index (κ2) is 3.89. The van der Waals surface area contributed by atoms with Crippen molar-refractivity contribution in [2.45, 2.75) is 38.5 Å². The molecule has 1 aliphatic heterocycles. The quantitative estimate of drug-likeness (QED) is 0.756. The molecule has 1 fully saturated rings. The van der Waals surface area contributed by atoms with Crippen molar-refractivity contribution in [1.29, 1.82) is 0 Å². The van der Waals surface area contributed by atoms with Crippen LogP contribution in [-0.4, -0.2) is 29.0 Å². The molecule has 2 heterocycles. The van der Waals surface area contributed by atoms with E-state index in [4.69, 9.17) is 0 Å². The summed E-state index contributed by atoms with van der Waals surface area (Å²) in [5.41, 5.74) is 0.704. The average Bonchev–Trinajstić information content (AvgIpc) is 2.58. The Kier molecular flexibility index (Phi) is 2.79. The monoisotopic (exact) mass is 241 g/mol. The van der Waals surface area contributed by atoms with E-state index in [0.717, 1.165) is 5.69 Å². The highest BCUT2D eigenvalue weighted by molar-refractivity contribution is 5.39. The van der Waals surface area contributed by atoms with E-state index in [1.807, 2.05) is 20.8 Å². The van der Waals surface area contributed by atoms with Crippen LogP contribution in [0, 0.1) is 0 Å². The molecule has 0 bridgehead atoms. The number of nitrogens with zero attached hydrogens (tertiary/aromatic N) is 3. The Bertz CT molecular complexity index is 412. The SMILES string of the molecule is CC(C)(C)c1cncc(N2CCC(F)(F)C2)n1. The van der Waals surface area contributed by atoms with E-state index in [-0.39, 0.29) is 18.4 Å². The Morgan fingerprint density at radius 1 is 1.29 bits per heavy atom. The van der Waals surface area contributed by atoms with E-state index in [1.165, 1.54) is 0 Å². The maximum Gasteiger partial charge on any atom is 0.266 e. The molecule has 94 valence electrons. The maximum atomic E-state index is 13.1. The standard InChI is InChI=1S/C12H17F2N3/c1-11(2,3)9-6-15-7-10(16-9)17-5-4-12(13,14)8-17/h6-7H,4-5,8H2,1-3H3. The molecular formula is C12H17F2N3. The molecule has 0 radical (unpaired) electrons. The van der Waals surface area contributed by atoms with Crippen LogP contribution in [0.2, 0.25) is 0 Å². The first kappa shape index (κ1) is 12.2. The van der Waals surface area contributed by atoms with Crippen molar-refractivity contribution >= 4 is 5.82 Å². The molecule has 17 heavy (non-hydrogen) atoms. The van der Waals surface area contributed by atoms with E-state index in [2.05, 4.69) is 9.97 Å². The van der Waals surface area contributed by atoms with Gasteiger partial charge in [-0.25, -0.2) is 13.8 Å². The molecule has 1 aromatic heterocycles. The first-order valence-corrected chi connectivity index (χ1v) is 5.73. The summed E-state index contributed by atoms with van der Waals surface area (Å²) in [6.07, 6.45) is 3.14. The lowest BCUT2D eigenvalue weighted by Crippen LogP contribution is -2.26. The summed E-state index contributed by atoms with van der Waals surface area (Å²) in [6, 6.07) is 0. The number of alkyl halides is 2. The highest BCUT2D eigenvalue weighted by Gasteiger charge is 2.39.